The monoisotopic (exact) mass is 535 g/mol. The lowest BCUT2D eigenvalue weighted by molar-refractivity contribution is 1.17. The number of para-hydroxylation sites is 3. The van der Waals surface area contributed by atoms with Gasteiger partial charge in [0.2, 0.25) is 0 Å². The van der Waals surface area contributed by atoms with Crippen molar-refractivity contribution in [3.63, 3.8) is 0 Å². The first-order chi connectivity index (χ1) is 20.9. The molecule has 0 fully saturated rings. The Labute approximate surface area is 242 Å². The second-order valence-electron chi connectivity index (χ2n) is 10.9. The van der Waals surface area contributed by atoms with E-state index < -0.39 is 0 Å². The maximum atomic E-state index is 4.81. The Morgan fingerprint density at radius 3 is 1.95 bits per heavy atom. The molecule has 0 saturated heterocycles. The zero-order valence-electron chi connectivity index (χ0n) is 22.8. The third-order valence-electron chi connectivity index (χ3n) is 8.57. The van der Waals surface area contributed by atoms with E-state index in [4.69, 9.17) is 4.98 Å². The van der Waals surface area contributed by atoms with Gasteiger partial charge in [-0.05, 0) is 58.8 Å². The smallest absolute Gasteiger partial charge is 0.0650 e. The lowest BCUT2D eigenvalue weighted by Crippen LogP contribution is -1.96. The van der Waals surface area contributed by atoms with Crippen molar-refractivity contribution >= 4 is 54.4 Å². The molecule has 0 spiro atoms. The molecule has 9 aromatic rings. The van der Waals surface area contributed by atoms with Crippen LogP contribution in [0.15, 0.2) is 152 Å². The fourth-order valence-electron chi connectivity index (χ4n) is 6.79. The Morgan fingerprint density at radius 2 is 1.10 bits per heavy atom. The molecule has 3 nitrogen and oxygen atoms in total. The summed E-state index contributed by atoms with van der Waals surface area (Å²) in [5.41, 5.74) is 9.34. The van der Waals surface area contributed by atoms with Crippen molar-refractivity contribution in [1.29, 1.82) is 0 Å². The summed E-state index contributed by atoms with van der Waals surface area (Å²) in [6, 6.07) is 50.0. The lowest BCUT2D eigenvalue weighted by Gasteiger charge is -2.13. The molecule has 0 aliphatic heterocycles. The maximum absolute atomic E-state index is 4.81. The van der Waals surface area contributed by atoms with Gasteiger partial charge < -0.3 is 9.13 Å². The van der Waals surface area contributed by atoms with E-state index in [1.807, 2.05) is 12.4 Å². The van der Waals surface area contributed by atoms with Crippen molar-refractivity contribution < 1.29 is 0 Å². The molecular weight excluding hydrogens is 510 g/mol. The highest BCUT2D eigenvalue weighted by atomic mass is 15.0. The molecular formula is C39H25N3. The quantitative estimate of drug-likeness (QED) is 0.221. The van der Waals surface area contributed by atoms with Crippen LogP contribution in [-0.2, 0) is 0 Å². The largest absolute Gasteiger partial charge is 0.309 e. The number of fused-ring (bicyclic) bond motifs is 7. The number of hydrogen-bond donors (Lipinski definition) is 0. The van der Waals surface area contributed by atoms with Crippen molar-refractivity contribution in [2.24, 2.45) is 0 Å². The standard InChI is InChI=1S/C39H25N3/c1-2-13-28(14-3-1)42-35-18-8-6-15-30(35)33-24-40-25-34(39(33)42)31-17-10-20-37-38(31)32-16-7-9-19-36(32)41(37)29-22-21-26-11-4-5-12-27(26)23-29/h1-25H. The van der Waals surface area contributed by atoms with Crippen LogP contribution in [0.1, 0.15) is 0 Å². The van der Waals surface area contributed by atoms with Crippen LogP contribution in [0.4, 0.5) is 0 Å². The topological polar surface area (TPSA) is 22.8 Å². The lowest BCUT2D eigenvalue weighted by atomic mass is 9.99. The summed E-state index contributed by atoms with van der Waals surface area (Å²) in [6.07, 6.45) is 4.05. The molecule has 42 heavy (non-hydrogen) atoms. The van der Waals surface area contributed by atoms with Crippen LogP contribution in [0.5, 0.6) is 0 Å². The molecule has 196 valence electrons. The van der Waals surface area contributed by atoms with E-state index in [1.54, 1.807) is 0 Å². The predicted octanol–water partition coefficient (Wildman–Crippen LogP) is 10.1. The predicted molar refractivity (Wildman–Crippen MR) is 176 cm³/mol. The summed E-state index contributed by atoms with van der Waals surface area (Å²) in [7, 11) is 0. The van der Waals surface area contributed by atoms with Crippen LogP contribution in [0.25, 0.3) is 76.9 Å². The van der Waals surface area contributed by atoms with Gasteiger partial charge in [-0.25, -0.2) is 0 Å². The van der Waals surface area contributed by atoms with Gasteiger partial charge in [0.15, 0.2) is 0 Å². The number of benzene rings is 6. The molecule has 6 aromatic carbocycles. The maximum Gasteiger partial charge on any atom is 0.0650 e. The van der Waals surface area contributed by atoms with Gasteiger partial charge >= 0.3 is 0 Å². The fourth-order valence-corrected chi connectivity index (χ4v) is 6.79. The van der Waals surface area contributed by atoms with Crippen LogP contribution >= 0.6 is 0 Å². The van der Waals surface area contributed by atoms with Crippen molar-refractivity contribution in [2.45, 2.75) is 0 Å². The minimum atomic E-state index is 1.12. The minimum Gasteiger partial charge on any atom is -0.309 e. The highest BCUT2D eigenvalue weighted by Crippen LogP contribution is 2.43. The highest BCUT2D eigenvalue weighted by molar-refractivity contribution is 6.20. The van der Waals surface area contributed by atoms with Gasteiger partial charge in [0.05, 0.1) is 22.1 Å². The van der Waals surface area contributed by atoms with E-state index in [1.165, 1.54) is 54.6 Å². The van der Waals surface area contributed by atoms with Crippen LogP contribution in [-0.4, -0.2) is 14.1 Å². The molecule has 0 amide bonds. The first-order valence-corrected chi connectivity index (χ1v) is 14.3. The summed E-state index contributed by atoms with van der Waals surface area (Å²) in [6.45, 7) is 0. The number of nitrogens with zero attached hydrogens (tertiary/aromatic N) is 3. The van der Waals surface area contributed by atoms with E-state index in [2.05, 4.69) is 149 Å². The zero-order valence-corrected chi connectivity index (χ0v) is 22.8. The summed E-state index contributed by atoms with van der Waals surface area (Å²) < 4.78 is 4.80. The summed E-state index contributed by atoms with van der Waals surface area (Å²) >= 11 is 0. The Morgan fingerprint density at radius 1 is 0.405 bits per heavy atom. The minimum absolute atomic E-state index is 1.12. The Kier molecular flexibility index (Phi) is 4.90. The fraction of sp³-hybridized carbons (Fsp3) is 0. The first-order valence-electron chi connectivity index (χ1n) is 14.3. The molecule has 0 radical (unpaired) electrons. The molecule has 3 heteroatoms. The third kappa shape index (κ3) is 3.25. The Bertz CT molecular complexity index is 2460. The van der Waals surface area contributed by atoms with Crippen LogP contribution in [0, 0.1) is 0 Å². The third-order valence-corrected chi connectivity index (χ3v) is 8.57. The molecule has 0 N–H and O–H groups in total. The highest BCUT2D eigenvalue weighted by Gasteiger charge is 2.21. The summed E-state index contributed by atoms with van der Waals surface area (Å²) in [4.78, 5) is 4.81. The van der Waals surface area contributed by atoms with Gasteiger partial charge in [-0.3, -0.25) is 4.98 Å². The average molecular weight is 536 g/mol. The van der Waals surface area contributed by atoms with Crippen molar-refractivity contribution in [3.8, 4) is 22.5 Å². The first kappa shape index (κ1) is 23.1. The van der Waals surface area contributed by atoms with Gasteiger partial charge in [-0.2, -0.15) is 0 Å². The van der Waals surface area contributed by atoms with E-state index in [0.717, 1.165) is 22.3 Å². The second-order valence-corrected chi connectivity index (χ2v) is 10.9. The van der Waals surface area contributed by atoms with Gasteiger partial charge in [0.1, 0.15) is 0 Å². The van der Waals surface area contributed by atoms with Gasteiger partial charge in [0.25, 0.3) is 0 Å². The molecule has 3 aromatic heterocycles. The van der Waals surface area contributed by atoms with E-state index in [9.17, 15) is 0 Å². The summed E-state index contributed by atoms with van der Waals surface area (Å²) in [5.74, 6) is 0. The molecule has 0 aliphatic carbocycles. The molecule has 3 heterocycles. The molecule has 0 atom stereocenters. The van der Waals surface area contributed by atoms with E-state index >= 15 is 0 Å². The average Bonchev–Trinajstić information content (AvgIpc) is 3.58. The number of rotatable bonds is 3. The molecule has 0 saturated carbocycles. The molecule has 0 bridgehead atoms. The molecule has 9 rings (SSSR count). The SMILES string of the molecule is c1ccc(-n2c3ccccc3c3cncc(-c4cccc5c4c4ccccc4n5-c4ccc5ccccc5c4)c32)cc1. The van der Waals surface area contributed by atoms with E-state index in [-0.39, 0.29) is 0 Å². The second kappa shape index (κ2) is 8.92. The van der Waals surface area contributed by atoms with E-state index in [0.29, 0.717) is 0 Å². The number of hydrogen-bond acceptors (Lipinski definition) is 1. The molecule has 0 unspecified atom stereocenters. The van der Waals surface area contributed by atoms with Gasteiger partial charge in [-0.1, -0.05) is 97.1 Å². The van der Waals surface area contributed by atoms with Gasteiger partial charge in [-0.15, -0.1) is 0 Å². The Balaban J connectivity index is 1.41. The summed E-state index contributed by atoms with van der Waals surface area (Å²) in [5, 5.41) is 7.31. The van der Waals surface area contributed by atoms with Crippen LogP contribution < -0.4 is 0 Å². The Hall–Kier alpha value is -5.67. The zero-order chi connectivity index (χ0) is 27.6. The normalized spacial score (nSPS) is 11.8. The van der Waals surface area contributed by atoms with Gasteiger partial charge in [0, 0.05) is 50.9 Å². The number of aromatic nitrogens is 3. The van der Waals surface area contributed by atoms with Crippen LogP contribution in [0.2, 0.25) is 0 Å². The number of pyridine rings is 1. The van der Waals surface area contributed by atoms with Crippen LogP contribution in [0.3, 0.4) is 0 Å². The van der Waals surface area contributed by atoms with Crippen molar-refractivity contribution in [1.82, 2.24) is 14.1 Å². The molecule has 0 aliphatic rings. The van der Waals surface area contributed by atoms with Crippen molar-refractivity contribution in [3.05, 3.63) is 152 Å². The van der Waals surface area contributed by atoms with Crippen molar-refractivity contribution in [2.75, 3.05) is 0 Å².